The number of carbonyl (C=O) groups excluding carboxylic acids is 2. The van der Waals surface area contributed by atoms with Gasteiger partial charge in [0.2, 0.25) is 0 Å². The predicted molar refractivity (Wildman–Crippen MR) is 99.8 cm³/mol. The summed E-state index contributed by atoms with van der Waals surface area (Å²) >= 11 is 0. The highest BCUT2D eigenvalue weighted by Gasteiger charge is 2.36. The molecule has 0 radical (unpaired) electrons. The van der Waals surface area contributed by atoms with Gasteiger partial charge in [-0.05, 0) is 21.0 Å². The van der Waals surface area contributed by atoms with Crippen molar-refractivity contribution in [2.45, 2.75) is 20.3 Å². The Morgan fingerprint density at radius 3 is 2.16 bits per heavy atom. The third-order valence-corrected chi connectivity index (χ3v) is 3.84. The van der Waals surface area contributed by atoms with Crippen LogP contribution in [-0.4, -0.2) is 96.1 Å². The fraction of sp³-hybridized carbons (Fsp3) is 0.882. The molecule has 0 saturated heterocycles. The second kappa shape index (κ2) is 12.5. The standard InChI is InChI=1S/C17H35N2O5.ClH/c1-15(20)24-14-17(2,13-22-7)16(21)23-12-8-10-19(5,6)11-9-18(3)4;/h8-14H2,1-7H3;1H/q+1;. The summed E-state index contributed by atoms with van der Waals surface area (Å²) in [6, 6.07) is 0. The third-order valence-electron chi connectivity index (χ3n) is 3.84. The molecule has 0 saturated carbocycles. The maximum absolute atomic E-state index is 12.3. The number of methoxy groups -OCH3 is 1. The zero-order valence-electron chi connectivity index (χ0n) is 16.8. The zero-order chi connectivity index (χ0) is 18.8. The number of rotatable bonds is 12. The first-order chi connectivity index (χ1) is 11.0. The summed E-state index contributed by atoms with van der Waals surface area (Å²) < 4.78 is 16.3. The molecule has 1 atom stereocenters. The van der Waals surface area contributed by atoms with Gasteiger partial charge in [-0.25, -0.2) is 0 Å². The van der Waals surface area contributed by atoms with E-state index in [0.717, 1.165) is 30.5 Å². The molecule has 8 heteroatoms. The summed E-state index contributed by atoms with van der Waals surface area (Å²) in [5.74, 6) is -0.825. The Kier molecular flexibility index (Phi) is 13.1. The Labute approximate surface area is 158 Å². The van der Waals surface area contributed by atoms with Crippen LogP contribution in [0.3, 0.4) is 0 Å². The van der Waals surface area contributed by atoms with Crippen LogP contribution >= 0.6 is 12.4 Å². The van der Waals surface area contributed by atoms with Gasteiger partial charge >= 0.3 is 11.9 Å². The van der Waals surface area contributed by atoms with E-state index >= 15 is 0 Å². The van der Waals surface area contributed by atoms with Crippen LogP contribution in [0.5, 0.6) is 0 Å². The predicted octanol–water partition coefficient (Wildman–Crippen LogP) is 1.20. The number of hydrogen-bond donors (Lipinski definition) is 0. The van der Waals surface area contributed by atoms with Crippen molar-refractivity contribution >= 4 is 24.3 Å². The molecule has 0 spiro atoms. The quantitative estimate of drug-likeness (QED) is 0.286. The lowest BCUT2D eigenvalue weighted by Crippen LogP contribution is -2.45. The van der Waals surface area contributed by atoms with E-state index in [1.807, 2.05) is 0 Å². The van der Waals surface area contributed by atoms with Crippen LogP contribution < -0.4 is 0 Å². The van der Waals surface area contributed by atoms with Gasteiger partial charge in [0.15, 0.2) is 0 Å². The van der Waals surface area contributed by atoms with Crippen molar-refractivity contribution < 1.29 is 28.3 Å². The van der Waals surface area contributed by atoms with E-state index in [9.17, 15) is 9.59 Å². The van der Waals surface area contributed by atoms with Crippen LogP contribution in [0.15, 0.2) is 0 Å². The number of ether oxygens (including phenoxy) is 3. The van der Waals surface area contributed by atoms with Crippen LogP contribution in [0.1, 0.15) is 20.3 Å². The molecule has 0 aromatic carbocycles. The highest BCUT2D eigenvalue weighted by atomic mass is 35.5. The number of likely N-dealkylation sites (N-methyl/N-ethyl adjacent to an activating group) is 2. The van der Waals surface area contributed by atoms with Crippen LogP contribution in [0.2, 0.25) is 0 Å². The molecule has 0 rings (SSSR count). The minimum atomic E-state index is -0.976. The van der Waals surface area contributed by atoms with E-state index in [1.165, 1.54) is 14.0 Å². The highest BCUT2D eigenvalue weighted by Crippen LogP contribution is 2.20. The molecule has 0 aromatic heterocycles. The van der Waals surface area contributed by atoms with Gasteiger partial charge < -0.3 is 23.6 Å². The Morgan fingerprint density at radius 2 is 1.68 bits per heavy atom. The van der Waals surface area contributed by atoms with Crippen molar-refractivity contribution in [3.8, 4) is 0 Å². The van der Waals surface area contributed by atoms with Gasteiger partial charge in [-0.3, -0.25) is 9.59 Å². The van der Waals surface area contributed by atoms with Crippen molar-refractivity contribution in [1.82, 2.24) is 4.90 Å². The maximum atomic E-state index is 12.3. The average Bonchev–Trinajstić information content (AvgIpc) is 2.48. The van der Waals surface area contributed by atoms with Gasteiger partial charge in [0.05, 0.1) is 40.4 Å². The molecule has 0 aliphatic carbocycles. The third kappa shape index (κ3) is 12.2. The number of carbonyl (C=O) groups is 2. The Balaban J connectivity index is 0. The molecule has 7 nitrogen and oxygen atoms in total. The molecule has 0 aliphatic heterocycles. The Bertz CT molecular complexity index is 404. The molecule has 0 amide bonds. The van der Waals surface area contributed by atoms with Crippen LogP contribution in [-0.2, 0) is 23.8 Å². The first-order valence-corrected chi connectivity index (χ1v) is 8.29. The second-order valence-electron chi connectivity index (χ2n) is 7.45. The maximum Gasteiger partial charge on any atom is 0.317 e. The van der Waals surface area contributed by atoms with E-state index in [0.29, 0.717) is 6.61 Å². The van der Waals surface area contributed by atoms with Gasteiger partial charge in [-0.15, -0.1) is 12.4 Å². The minimum absolute atomic E-state index is 0. The second-order valence-corrected chi connectivity index (χ2v) is 7.45. The van der Waals surface area contributed by atoms with Crippen molar-refractivity contribution in [3.63, 3.8) is 0 Å². The molecule has 0 fully saturated rings. The lowest BCUT2D eigenvalue weighted by Gasteiger charge is -2.31. The van der Waals surface area contributed by atoms with Gasteiger partial charge in [-0.1, -0.05) is 0 Å². The van der Waals surface area contributed by atoms with Gasteiger partial charge in [0.25, 0.3) is 0 Å². The SMILES string of the molecule is COCC(C)(COC(C)=O)C(=O)OCCC[N+](C)(C)CCN(C)C.Cl. The molecule has 0 N–H and O–H groups in total. The molecule has 0 bridgehead atoms. The zero-order valence-corrected chi connectivity index (χ0v) is 17.6. The van der Waals surface area contributed by atoms with E-state index in [-0.39, 0.29) is 25.6 Å². The number of halogens is 1. The topological polar surface area (TPSA) is 65.1 Å². The Hall–Kier alpha value is -0.890. The normalized spacial score (nSPS) is 13.8. The van der Waals surface area contributed by atoms with E-state index in [4.69, 9.17) is 14.2 Å². The Morgan fingerprint density at radius 1 is 1.08 bits per heavy atom. The smallest absolute Gasteiger partial charge is 0.317 e. The van der Waals surface area contributed by atoms with Gasteiger partial charge in [0, 0.05) is 27.0 Å². The number of hydrogen-bond acceptors (Lipinski definition) is 6. The molecular weight excluding hydrogens is 348 g/mol. The highest BCUT2D eigenvalue weighted by molar-refractivity contribution is 5.85. The van der Waals surface area contributed by atoms with E-state index in [2.05, 4.69) is 33.1 Å². The largest absolute Gasteiger partial charge is 0.465 e. The minimum Gasteiger partial charge on any atom is -0.465 e. The molecule has 25 heavy (non-hydrogen) atoms. The van der Waals surface area contributed by atoms with Crippen LogP contribution in [0, 0.1) is 5.41 Å². The number of quaternary nitrogens is 1. The lowest BCUT2D eigenvalue weighted by molar-refractivity contribution is -0.890. The lowest BCUT2D eigenvalue weighted by atomic mass is 9.93. The summed E-state index contributed by atoms with van der Waals surface area (Å²) in [7, 11) is 9.95. The van der Waals surface area contributed by atoms with E-state index < -0.39 is 17.4 Å². The molecule has 0 aromatic rings. The summed E-state index contributed by atoms with van der Waals surface area (Å²) in [4.78, 5) is 25.4. The number of esters is 2. The first-order valence-electron chi connectivity index (χ1n) is 8.29. The van der Waals surface area contributed by atoms with Gasteiger partial charge in [0.1, 0.15) is 12.0 Å². The molecule has 0 aliphatic rings. The van der Waals surface area contributed by atoms with E-state index in [1.54, 1.807) is 6.92 Å². The van der Waals surface area contributed by atoms with Crippen LogP contribution in [0.4, 0.5) is 0 Å². The molecular formula is C17H36ClN2O5+. The first kappa shape index (κ1) is 26.3. The fourth-order valence-electron chi connectivity index (χ4n) is 2.15. The summed E-state index contributed by atoms with van der Waals surface area (Å²) in [6.45, 7) is 6.41. The average molecular weight is 384 g/mol. The summed E-state index contributed by atoms with van der Waals surface area (Å²) in [5, 5.41) is 0. The van der Waals surface area contributed by atoms with Crippen molar-refractivity contribution in [3.05, 3.63) is 0 Å². The van der Waals surface area contributed by atoms with Gasteiger partial charge in [-0.2, -0.15) is 0 Å². The molecule has 150 valence electrons. The van der Waals surface area contributed by atoms with Crippen LogP contribution in [0.25, 0.3) is 0 Å². The molecule has 0 heterocycles. The molecule has 1 unspecified atom stereocenters. The summed E-state index contributed by atoms with van der Waals surface area (Å²) in [5.41, 5.74) is -0.976. The van der Waals surface area contributed by atoms with Crippen molar-refractivity contribution in [2.24, 2.45) is 5.41 Å². The monoisotopic (exact) mass is 383 g/mol. The fourth-order valence-corrected chi connectivity index (χ4v) is 2.15. The van der Waals surface area contributed by atoms with Crippen molar-refractivity contribution in [1.29, 1.82) is 0 Å². The summed E-state index contributed by atoms with van der Waals surface area (Å²) in [6.07, 6.45) is 0.781. The number of nitrogens with zero attached hydrogens (tertiary/aromatic N) is 2. The van der Waals surface area contributed by atoms with Crippen molar-refractivity contribution in [2.75, 3.05) is 74.8 Å².